The second kappa shape index (κ2) is 5.86. The maximum atomic E-state index is 5.95. The van der Waals surface area contributed by atoms with E-state index in [0.29, 0.717) is 34.5 Å². The molecule has 0 unspecified atom stereocenters. The van der Waals surface area contributed by atoms with Crippen molar-refractivity contribution < 1.29 is 17.7 Å². The number of fused-ring (bicyclic) bond motifs is 3. The molecule has 0 aliphatic rings. The van der Waals surface area contributed by atoms with Gasteiger partial charge in [-0.15, -0.1) is 0 Å². The van der Waals surface area contributed by atoms with E-state index in [-0.39, 0.29) is 0 Å². The van der Waals surface area contributed by atoms with Gasteiger partial charge in [-0.1, -0.05) is 12.1 Å². The van der Waals surface area contributed by atoms with Gasteiger partial charge in [0.1, 0.15) is 11.0 Å². The van der Waals surface area contributed by atoms with Gasteiger partial charge in [-0.3, -0.25) is 0 Å². The first-order valence-corrected chi connectivity index (χ1v) is 9.74. The Morgan fingerprint density at radius 2 is 0.967 bits per heavy atom. The molecule has 6 aromatic rings. The minimum atomic E-state index is 0.430. The van der Waals surface area contributed by atoms with Crippen molar-refractivity contribution in [3.63, 3.8) is 0 Å². The predicted octanol–water partition coefficient (Wildman–Crippen LogP) is 6.88. The summed E-state index contributed by atoms with van der Waals surface area (Å²) in [5.41, 5.74) is 8.70. The first kappa shape index (κ1) is 17.1. The summed E-state index contributed by atoms with van der Waals surface area (Å²) in [6.07, 6.45) is 0. The van der Waals surface area contributed by atoms with Crippen molar-refractivity contribution in [2.75, 3.05) is 0 Å². The third kappa shape index (κ3) is 2.50. The zero-order valence-corrected chi connectivity index (χ0v) is 17.0. The SMILES string of the molecule is Cc1cc(C)c2oc(-c3cc4oc(-c5nc6cc(C)cc(C)c6o5)cc4o3)nc2c1. The third-order valence-corrected chi connectivity index (χ3v) is 5.27. The molecule has 0 saturated carbocycles. The van der Waals surface area contributed by atoms with E-state index in [1.807, 2.05) is 39.8 Å². The Bertz CT molecular complexity index is 1450. The van der Waals surface area contributed by atoms with Gasteiger partial charge in [0.05, 0.1) is 0 Å². The molecule has 0 bridgehead atoms. The van der Waals surface area contributed by atoms with E-state index in [1.165, 1.54) is 0 Å². The van der Waals surface area contributed by atoms with Crippen LogP contribution in [0.4, 0.5) is 0 Å². The highest BCUT2D eigenvalue weighted by molar-refractivity contribution is 5.85. The van der Waals surface area contributed by atoms with Gasteiger partial charge < -0.3 is 17.7 Å². The van der Waals surface area contributed by atoms with E-state index < -0.39 is 0 Å². The molecule has 4 heterocycles. The maximum Gasteiger partial charge on any atom is 0.264 e. The second-order valence-electron chi connectivity index (χ2n) is 7.85. The Kier molecular flexibility index (Phi) is 3.34. The van der Waals surface area contributed by atoms with Crippen LogP contribution in [0.2, 0.25) is 0 Å². The number of aryl methyl sites for hydroxylation is 4. The molecule has 4 aromatic heterocycles. The standard InChI is InChI=1S/C24H18N2O4/c1-11-5-13(3)21-15(7-11)25-23(29-21)19-9-17-18(27-19)10-20(28-17)24-26-16-8-12(2)6-14(4)22(16)30-24/h5-10H,1-4H3. The minimum Gasteiger partial charge on any atom is -0.447 e. The number of oxazole rings is 2. The molecule has 0 spiro atoms. The second-order valence-corrected chi connectivity index (χ2v) is 7.85. The summed E-state index contributed by atoms with van der Waals surface area (Å²) in [7, 11) is 0. The minimum absolute atomic E-state index is 0.430. The van der Waals surface area contributed by atoms with Gasteiger partial charge in [-0.2, -0.15) is 0 Å². The maximum absolute atomic E-state index is 5.95. The van der Waals surface area contributed by atoms with Crippen molar-refractivity contribution in [1.82, 2.24) is 9.97 Å². The van der Waals surface area contributed by atoms with E-state index >= 15 is 0 Å². The molecule has 148 valence electrons. The first-order valence-electron chi connectivity index (χ1n) is 9.74. The Morgan fingerprint density at radius 3 is 1.40 bits per heavy atom. The molecule has 6 nitrogen and oxygen atoms in total. The highest BCUT2D eigenvalue weighted by Gasteiger charge is 2.20. The number of aromatic nitrogens is 2. The Morgan fingerprint density at radius 1 is 0.533 bits per heavy atom. The van der Waals surface area contributed by atoms with Gasteiger partial charge in [-0.05, 0) is 62.1 Å². The lowest BCUT2D eigenvalue weighted by Gasteiger charge is -1.94. The average molecular weight is 398 g/mol. The van der Waals surface area contributed by atoms with E-state index in [1.54, 1.807) is 12.1 Å². The van der Waals surface area contributed by atoms with Gasteiger partial charge in [0, 0.05) is 12.1 Å². The van der Waals surface area contributed by atoms with Crippen LogP contribution < -0.4 is 0 Å². The van der Waals surface area contributed by atoms with Crippen LogP contribution in [-0.2, 0) is 0 Å². The molecule has 0 N–H and O–H groups in total. The van der Waals surface area contributed by atoms with E-state index in [9.17, 15) is 0 Å². The lowest BCUT2D eigenvalue weighted by molar-refractivity contribution is 0.558. The van der Waals surface area contributed by atoms with Crippen LogP contribution in [0.3, 0.4) is 0 Å². The number of furan rings is 2. The molecule has 0 amide bonds. The van der Waals surface area contributed by atoms with Crippen LogP contribution in [0.1, 0.15) is 22.3 Å². The molecular weight excluding hydrogens is 380 g/mol. The molecule has 0 fully saturated rings. The summed E-state index contributed by atoms with van der Waals surface area (Å²) in [5.74, 6) is 1.90. The molecule has 0 aliphatic carbocycles. The Hall–Kier alpha value is -3.80. The van der Waals surface area contributed by atoms with Crippen molar-refractivity contribution in [2.45, 2.75) is 27.7 Å². The smallest absolute Gasteiger partial charge is 0.264 e. The third-order valence-electron chi connectivity index (χ3n) is 5.27. The number of hydrogen-bond donors (Lipinski definition) is 0. The predicted molar refractivity (Wildman–Crippen MR) is 113 cm³/mol. The molecule has 0 aliphatic heterocycles. The molecule has 6 heteroatoms. The van der Waals surface area contributed by atoms with Gasteiger partial charge in [0.2, 0.25) is 0 Å². The van der Waals surface area contributed by atoms with E-state index in [0.717, 1.165) is 44.5 Å². The van der Waals surface area contributed by atoms with Crippen molar-refractivity contribution in [1.29, 1.82) is 0 Å². The normalized spacial score (nSPS) is 12.0. The van der Waals surface area contributed by atoms with Gasteiger partial charge in [0.15, 0.2) is 33.9 Å². The topological polar surface area (TPSA) is 78.3 Å². The van der Waals surface area contributed by atoms with Crippen LogP contribution >= 0.6 is 0 Å². The molecule has 2 aromatic carbocycles. The lowest BCUT2D eigenvalue weighted by atomic mass is 10.1. The fraction of sp³-hybridized carbons (Fsp3) is 0.167. The van der Waals surface area contributed by atoms with Crippen molar-refractivity contribution in [3.05, 3.63) is 58.7 Å². The number of rotatable bonds is 2. The highest BCUT2D eigenvalue weighted by atomic mass is 16.4. The highest BCUT2D eigenvalue weighted by Crippen LogP contribution is 2.36. The molecule has 6 rings (SSSR count). The van der Waals surface area contributed by atoms with Gasteiger partial charge in [-0.25, -0.2) is 9.97 Å². The van der Waals surface area contributed by atoms with Crippen LogP contribution in [0.15, 0.2) is 54.1 Å². The summed E-state index contributed by atoms with van der Waals surface area (Å²) < 4.78 is 23.8. The van der Waals surface area contributed by atoms with Crippen molar-refractivity contribution in [3.8, 4) is 23.3 Å². The van der Waals surface area contributed by atoms with Crippen LogP contribution in [0.25, 0.3) is 56.7 Å². The molecule has 0 radical (unpaired) electrons. The fourth-order valence-corrected chi connectivity index (χ4v) is 4.01. The zero-order valence-electron chi connectivity index (χ0n) is 17.0. The largest absolute Gasteiger partial charge is 0.447 e. The molecule has 0 saturated heterocycles. The quantitative estimate of drug-likeness (QED) is 0.316. The van der Waals surface area contributed by atoms with Gasteiger partial charge in [0.25, 0.3) is 11.8 Å². The van der Waals surface area contributed by atoms with Crippen LogP contribution in [0.5, 0.6) is 0 Å². The monoisotopic (exact) mass is 398 g/mol. The summed E-state index contributed by atoms with van der Waals surface area (Å²) in [6, 6.07) is 11.7. The number of hydrogen-bond acceptors (Lipinski definition) is 6. The Labute approximate surface area is 171 Å². The van der Waals surface area contributed by atoms with Gasteiger partial charge >= 0.3 is 0 Å². The Balaban J connectivity index is 1.42. The van der Waals surface area contributed by atoms with Crippen molar-refractivity contribution in [2.24, 2.45) is 0 Å². The summed E-state index contributed by atoms with van der Waals surface area (Å²) >= 11 is 0. The lowest BCUT2D eigenvalue weighted by Crippen LogP contribution is -1.77. The first-order chi connectivity index (χ1) is 14.4. The summed E-state index contributed by atoms with van der Waals surface area (Å²) in [5, 5.41) is 0. The number of nitrogens with zero attached hydrogens (tertiary/aromatic N) is 2. The summed E-state index contributed by atoms with van der Waals surface area (Å²) in [6.45, 7) is 8.09. The van der Waals surface area contributed by atoms with Crippen LogP contribution in [-0.4, -0.2) is 9.97 Å². The molecule has 0 atom stereocenters. The van der Waals surface area contributed by atoms with Crippen LogP contribution in [0, 0.1) is 27.7 Å². The summed E-state index contributed by atoms with van der Waals surface area (Å²) in [4.78, 5) is 9.15. The van der Waals surface area contributed by atoms with E-state index in [2.05, 4.69) is 22.1 Å². The van der Waals surface area contributed by atoms with Crippen molar-refractivity contribution >= 4 is 33.4 Å². The average Bonchev–Trinajstić information content (AvgIpc) is 3.41. The number of benzene rings is 2. The zero-order chi connectivity index (χ0) is 20.6. The van der Waals surface area contributed by atoms with E-state index in [4.69, 9.17) is 17.7 Å². The molecular formula is C24H18N2O4. The fourth-order valence-electron chi connectivity index (χ4n) is 4.01. The molecule has 30 heavy (non-hydrogen) atoms.